The van der Waals surface area contributed by atoms with Crippen molar-refractivity contribution in [2.75, 3.05) is 33.2 Å². The van der Waals surface area contributed by atoms with Crippen LogP contribution in [0.5, 0.6) is 0 Å². The Morgan fingerprint density at radius 2 is 1.78 bits per heavy atom. The smallest absolute Gasteiger partial charge is 0.314 e. The van der Waals surface area contributed by atoms with Gasteiger partial charge in [-0.05, 0) is 42.9 Å². The van der Waals surface area contributed by atoms with Gasteiger partial charge in [-0.3, -0.25) is 4.52 Å². The van der Waals surface area contributed by atoms with Gasteiger partial charge in [-0.25, -0.2) is 13.0 Å². The minimum Gasteiger partial charge on any atom is -0.314 e. The summed E-state index contributed by atoms with van der Waals surface area (Å²) in [5.41, 5.74) is 0.343. The summed E-state index contributed by atoms with van der Waals surface area (Å²) >= 11 is 13.4. The van der Waals surface area contributed by atoms with Crippen LogP contribution < -0.4 is 0 Å². The van der Waals surface area contributed by atoms with Crippen molar-refractivity contribution in [1.29, 1.82) is 5.26 Å². The normalized spacial score (nSPS) is 17.6. The summed E-state index contributed by atoms with van der Waals surface area (Å²) in [6, 6.07) is 9.51. The van der Waals surface area contributed by atoms with Crippen LogP contribution in [0.2, 0.25) is 10.0 Å². The Balaban J connectivity index is 2.00. The van der Waals surface area contributed by atoms with Gasteiger partial charge in [-0.1, -0.05) is 41.0 Å². The molecule has 1 N–H and O–H groups in total. The Bertz CT molecular complexity index is 1180. The summed E-state index contributed by atoms with van der Waals surface area (Å²) in [6.45, 7) is 1.49. The number of nitriles is 1. The lowest BCUT2D eigenvalue weighted by molar-refractivity contribution is 0.222. The lowest BCUT2D eigenvalue weighted by Crippen LogP contribution is -2.47. The van der Waals surface area contributed by atoms with E-state index in [4.69, 9.17) is 33.0 Å². The van der Waals surface area contributed by atoms with Crippen molar-refractivity contribution in [3.05, 3.63) is 52.0 Å². The standard InChI is InChI=1S/C19H20Cl2N3O5PS2/c1-23-4-6-24(7-5-23)32(27,28)19-8-14(12-29-30(25,26)13-22)2-3-18(19)31-17-10-15(20)9-16(21)11-17/h2-3,8-11H,4-7,12H2,1H3,(H,25,26). The van der Waals surface area contributed by atoms with Crippen molar-refractivity contribution in [3.8, 4) is 5.81 Å². The third-order valence-electron chi connectivity index (χ3n) is 4.68. The minimum absolute atomic E-state index is 0.0361. The van der Waals surface area contributed by atoms with Gasteiger partial charge >= 0.3 is 7.60 Å². The molecule has 1 aliphatic rings. The summed E-state index contributed by atoms with van der Waals surface area (Å²) in [7, 11) is -6.35. The lowest BCUT2D eigenvalue weighted by Gasteiger charge is -2.32. The molecule has 1 saturated heterocycles. The molecule has 0 spiro atoms. The molecule has 32 heavy (non-hydrogen) atoms. The number of likely N-dealkylation sites (N-methyl/N-ethyl adjacent to an activating group) is 1. The van der Waals surface area contributed by atoms with Crippen molar-refractivity contribution in [1.82, 2.24) is 9.21 Å². The van der Waals surface area contributed by atoms with Gasteiger partial charge < -0.3 is 9.79 Å². The number of piperazine rings is 1. The summed E-state index contributed by atoms with van der Waals surface area (Å²) in [5.74, 6) is 1.20. The Kier molecular flexibility index (Phi) is 8.31. The van der Waals surface area contributed by atoms with E-state index in [1.807, 2.05) is 11.9 Å². The zero-order valence-electron chi connectivity index (χ0n) is 16.9. The van der Waals surface area contributed by atoms with E-state index >= 15 is 0 Å². The first-order chi connectivity index (χ1) is 15.0. The van der Waals surface area contributed by atoms with E-state index in [0.717, 1.165) is 0 Å². The molecule has 1 aliphatic heterocycles. The van der Waals surface area contributed by atoms with Gasteiger partial charge in [0.15, 0.2) is 5.81 Å². The van der Waals surface area contributed by atoms with Crippen LogP contribution in [0.4, 0.5) is 0 Å². The molecule has 0 saturated carbocycles. The van der Waals surface area contributed by atoms with Crippen molar-refractivity contribution >= 4 is 52.6 Å². The van der Waals surface area contributed by atoms with E-state index in [1.54, 1.807) is 30.3 Å². The molecule has 172 valence electrons. The third kappa shape index (κ3) is 6.48. The number of halogens is 2. The molecule has 2 aromatic carbocycles. The van der Waals surface area contributed by atoms with Crippen LogP contribution in [0, 0.1) is 11.1 Å². The van der Waals surface area contributed by atoms with Gasteiger partial charge in [-0.2, -0.15) is 9.57 Å². The number of nitrogens with zero attached hydrogens (tertiary/aromatic N) is 3. The molecule has 0 aromatic heterocycles. The molecular formula is C19H20Cl2N3O5PS2. The van der Waals surface area contributed by atoms with Gasteiger partial charge in [0.2, 0.25) is 10.0 Å². The highest BCUT2D eigenvalue weighted by Gasteiger charge is 2.30. The second kappa shape index (κ2) is 10.4. The number of hydrogen-bond acceptors (Lipinski definition) is 7. The highest BCUT2D eigenvalue weighted by Crippen LogP contribution is 2.42. The topological polar surface area (TPSA) is 111 Å². The van der Waals surface area contributed by atoms with E-state index in [-0.39, 0.29) is 11.5 Å². The van der Waals surface area contributed by atoms with Crippen LogP contribution in [0.1, 0.15) is 5.56 Å². The van der Waals surface area contributed by atoms with Gasteiger partial charge in [-0.15, -0.1) is 0 Å². The van der Waals surface area contributed by atoms with Crippen molar-refractivity contribution in [2.24, 2.45) is 0 Å². The molecule has 0 amide bonds. The summed E-state index contributed by atoms with van der Waals surface area (Å²) in [6.07, 6.45) is 0. The van der Waals surface area contributed by atoms with Crippen molar-refractivity contribution in [3.63, 3.8) is 0 Å². The summed E-state index contributed by atoms with van der Waals surface area (Å²) in [5, 5.41) is 9.52. The quantitative estimate of drug-likeness (QED) is 0.523. The van der Waals surface area contributed by atoms with Crippen molar-refractivity contribution < 1.29 is 22.4 Å². The molecule has 0 bridgehead atoms. The molecule has 1 unspecified atom stereocenters. The van der Waals surface area contributed by atoms with Gasteiger partial charge in [0.25, 0.3) is 0 Å². The molecule has 1 heterocycles. The Hall–Kier alpha value is -1.12. The van der Waals surface area contributed by atoms with Crippen molar-refractivity contribution in [2.45, 2.75) is 21.3 Å². The molecule has 0 radical (unpaired) electrons. The highest BCUT2D eigenvalue weighted by atomic mass is 35.5. The van der Waals surface area contributed by atoms with Gasteiger partial charge in [0.05, 0.1) is 11.5 Å². The number of rotatable bonds is 7. The third-order valence-corrected chi connectivity index (χ3v) is 8.97. The Morgan fingerprint density at radius 1 is 1.16 bits per heavy atom. The summed E-state index contributed by atoms with van der Waals surface area (Å²) in [4.78, 5) is 12.5. The molecule has 13 heteroatoms. The molecule has 8 nitrogen and oxygen atoms in total. The number of benzene rings is 2. The number of sulfonamides is 1. The monoisotopic (exact) mass is 535 g/mol. The van der Waals surface area contributed by atoms with Crippen LogP contribution in [0.3, 0.4) is 0 Å². The second-order valence-electron chi connectivity index (χ2n) is 7.09. The van der Waals surface area contributed by atoms with Gasteiger partial charge in [0, 0.05) is 46.0 Å². The highest BCUT2D eigenvalue weighted by molar-refractivity contribution is 8.00. The Labute approximate surface area is 201 Å². The summed E-state index contributed by atoms with van der Waals surface area (Å²) < 4.78 is 44.7. The molecular weight excluding hydrogens is 516 g/mol. The fourth-order valence-electron chi connectivity index (χ4n) is 3.00. The predicted octanol–water partition coefficient (Wildman–Crippen LogP) is 4.26. The Morgan fingerprint density at radius 3 is 2.38 bits per heavy atom. The lowest BCUT2D eigenvalue weighted by atomic mass is 10.2. The maximum Gasteiger partial charge on any atom is 0.429 e. The molecule has 2 aromatic rings. The molecule has 1 fully saturated rings. The van der Waals surface area contributed by atoms with Gasteiger partial charge in [0.1, 0.15) is 0 Å². The van der Waals surface area contributed by atoms with E-state index in [0.29, 0.717) is 51.6 Å². The zero-order chi connectivity index (χ0) is 23.5. The number of hydrogen-bond donors (Lipinski definition) is 1. The molecule has 0 aliphatic carbocycles. The average molecular weight is 536 g/mol. The molecule has 1 atom stereocenters. The first-order valence-electron chi connectivity index (χ1n) is 9.34. The first kappa shape index (κ1) is 25.5. The second-order valence-corrected chi connectivity index (χ2v) is 12.5. The van der Waals surface area contributed by atoms with Crippen LogP contribution in [-0.4, -0.2) is 55.7 Å². The molecule has 3 rings (SSSR count). The maximum absolute atomic E-state index is 13.5. The average Bonchev–Trinajstić information content (AvgIpc) is 2.72. The van der Waals surface area contributed by atoms with Crippen LogP contribution >= 0.6 is 42.6 Å². The zero-order valence-corrected chi connectivity index (χ0v) is 21.0. The largest absolute Gasteiger partial charge is 0.429 e. The van der Waals surface area contributed by atoms with E-state index in [1.165, 1.54) is 27.9 Å². The fraction of sp³-hybridized carbons (Fsp3) is 0.316. The van der Waals surface area contributed by atoms with E-state index in [9.17, 15) is 17.9 Å². The van der Waals surface area contributed by atoms with Crippen LogP contribution in [-0.2, 0) is 25.7 Å². The maximum atomic E-state index is 13.5. The van der Waals surface area contributed by atoms with E-state index in [2.05, 4.69) is 0 Å². The minimum atomic E-state index is -4.40. The first-order valence-corrected chi connectivity index (χ1v) is 13.9. The SMILES string of the molecule is CN1CCN(S(=O)(=O)c2cc(COP(=O)(O)C#N)ccc2Sc2cc(Cl)cc(Cl)c2)CC1. The fourth-order valence-corrected chi connectivity index (χ4v) is 6.95. The predicted molar refractivity (Wildman–Crippen MR) is 124 cm³/mol. The van der Waals surface area contributed by atoms with Crippen LogP contribution in [0.15, 0.2) is 51.1 Å². The van der Waals surface area contributed by atoms with E-state index < -0.39 is 17.6 Å². The van der Waals surface area contributed by atoms with Crippen LogP contribution in [0.25, 0.3) is 0 Å².